The lowest BCUT2D eigenvalue weighted by atomic mass is 9.88. The molecule has 0 aliphatic heterocycles. The lowest BCUT2D eigenvalue weighted by Crippen LogP contribution is -2.38. The van der Waals surface area contributed by atoms with Crippen molar-refractivity contribution in [1.29, 1.82) is 0 Å². The Morgan fingerprint density at radius 3 is 2.63 bits per heavy atom. The number of carbonyl (C=O) groups excluding carboxylic acids is 2. The second kappa shape index (κ2) is 6.52. The zero-order chi connectivity index (χ0) is 14.5. The molecule has 0 aliphatic rings. The van der Waals surface area contributed by atoms with Crippen LogP contribution in [0.2, 0.25) is 5.02 Å². The fourth-order valence-electron chi connectivity index (χ4n) is 1.23. The van der Waals surface area contributed by atoms with Crippen LogP contribution in [-0.4, -0.2) is 30.0 Å². The highest BCUT2D eigenvalue weighted by molar-refractivity contribution is 6.30. The molecule has 104 valence electrons. The first-order chi connectivity index (χ1) is 8.87. The largest absolute Gasteiger partial charge is 0.484 e. The van der Waals surface area contributed by atoms with E-state index in [0.29, 0.717) is 10.8 Å². The van der Waals surface area contributed by atoms with Crippen LogP contribution >= 0.6 is 11.6 Å². The lowest BCUT2D eigenvalue weighted by molar-refractivity contribution is -0.158. The van der Waals surface area contributed by atoms with E-state index in [2.05, 4.69) is 4.98 Å². The van der Waals surface area contributed by atoms with Crippen molar-refractivity contribution in [3.63, 3.8) is 0 Å². The van der Waals surface area contributed by atoms with Gasteiger partial charge in [0.2, 0.25) is 0 Å². The third-order valence-corrected chi connectivity index (χ3v) is 2.74. The van der Waals surface area contributed by atoms with Crippen molar-refractivity contribution in [3.05, 3.63) is 23.5 Å². The van der Waals surface area contributed by atoms with Crippen molar-refractivity contribution in [1.82, 2.24) is 4.98 Å². The Morgan fingerprint density at radius 2 is 2.05 bits per heavy atom. The Hall–Kier alpha value is -1.62. The number of ether oxygens (including phenoxy) is 2. The first kappa shape index (κ1) is 15.4. The number of carbonyl (C=O) groups is 2. The van der Waals surface area contributed by atoms with Crippen molar-refractivity contribution < 1.29 is 19.1 Å². The minimum atomic E-state index is -1.23. The summed E-state index contributed by atoms with van der Waals surface area (Å²) in [5, 5.41) is 0.412. The van der Waals surface area contributed by atoms with Gasteiger partial charge in [-0.2, -0.15) is 0 Å². The second-order valence-electron chi connectivity index (χ2n) is 4.40. The number of pyridine rings is 1. The summed E-state index contributed by atoms with van der Waals surface area (Å²) in [7, 11) is 0. The summed E-state index contributed by atoms with van der Waals surface area (Å²) >= 11 is 5.74. The Morgan fingerprint density at radius 1 is 1.37 bits per heavy atom. The average molecular weight is 286 g/mol. The highest BCUT2D eigenvalue weighted by atomic mass is 35.5. The fraction of sp³-hybridized carbons (Fsp3) is 0.462. The Labute approximate surface area is 116 Å². The molecule has 6 heteroatoms. The minimum absolute atomic E-state index is 0.231. The van der Waals surface area contributed by atoms with Gasteiger partial charge in [0, 0.05) is 12.3 Å². The molecule has 0 saturated carbocycles. The summed E-state index contributed by atoms with van der Waals surface area (Å²) in [6.07, 6.45) is 2.90. The van der Waals surface area contributed by atoms with E-state index in [0.717, 1.165) is 0 Å². The number of rotatable bonds is 6. The second-order valence-corrected chi connectivity index (χ2v) is 4.83. The summed E-state index contributed by atoms with van der Waals surface area (Å²) < 4.78 is 10.1. The molecule has 0 amide bonds. The molecule has 0 bridgehead atoms. The molecule has 1 aromatic heterocycles. The molecule has 0 unspecified atom stereocenters. The van der Waals surface area contributed by atoms with Crippen LogP contribution in [0.15, 0.2) is 18.5 Å². The van der Waals surface area contributed by atoms with Gasteiger partial charge in [0.15, 0.2) is 5.78 Å². The Kier molecular flexibility index (Phi) is 5.30. The Bertz CT molecular complexity index is 473. The molecule has 0 radical (unpaired) electrons. The van der Waals surface area contributed by atoms with Gasteiger partial charge in [-0.1, -0.05) is 11.6 Å². The highest BCUT2D eigenvalue weighted by Crippen LogP contribution is 2.21. The van der Waals surface area contributed by atoms with Crippen LogP contribution < -0.4 is 4.74 Å². The molecule has 0 spiro atoms. The van der Waals surface area contributed by atoms with Crippen LogP contribution in [0.5, 0.6) is 5.75 Å². The summed E-state index contributed by atoms with van der Waals surface area (Å²) in [5.74, 6) is -0.556. The maximum Gasteiger partial charge on any atom is 0.319 e. The third-order valence-electron chi connectivity index (χ3n) is 2.53. The fourth-order valence-corrected chi connectivity index (χ4v) is 1.39. The van der Waals surface area contributed by atoms with Gasteiger partial charge in [0.1, 0.15) is 17.8 Å². The van der Waals surface area contributed by atoms with Crippen LogP contribution in [0.3, 0.4) is 0 Å². The van der Waals surface area contributed by atoms with E-state index in [9.17, 15) is 9.59 Å². The number of hydrogen-bond donors (Lipinski definition) is 0. The van der Waals surface area contributed by atoms with E-state index in [1.807, 2.05) is 0 Å². The molecule has 0 N–H and O–H groups in total. The van der Waals surface area contributed by atoms with E-state index in [-0.39, 0.29) is 19.0 Å². The zero-order valence-electron chi connectivity index (χ0n) is 11.1. The lowest BCUT2D eigenvalue weighted by Gasteiger charge is -2.20. The first-order valence-corrected chi connectivity index (χ1v) is 6.19. The van der Waals surface area contributed by atoms with Crippen molar-refractivity contribution in [3.8, 4) is 5.75 Å². The number of hydrogen-bond acceptors (Lipinski definition) is 5. The first-order valence-electron chi connectivity index (χ1n) is 5.81. The van der Waals surface area contributed by atoms with E-state index in [4.69, 9.17) is 21.1 Å². The van der Waals surface area contributed by atoms with Gasteiger partial charge < -0.3 is 9.47 Å². The molecule has 0 fully saturated rings. The number of nitrogens with zero attached hydrogens (tertiary/aromatic N) is 1. The number of Topliss-reactive ketones (excluding diaryl/α,β-unsaturated/α-hetero) is 1. The topological polar surface area (TPSA) is 65.5 Å². The quantitative estimate of drug-likeness (QED) is 0.592. The van der Waals surface area contributed by atoms with Crippen molar-refractivity contribution in [2.24, 2.45) is 5.41 Å². The molecule has 1 rings (SSSR count). The van der Waals surface area contributed by atoms with Crippen LogP contribution in [0, 0.1) is 5.41 Å². The molecular weight excluding hydrogens is 270 g/mol. The third kappa shape index (κ3) is 4.21. The zero-order valence-corrected chi connectivity index (χ0v) is 11.9. The van der Waals surface area contributed by atoms with Crippen molar-refractivity contribution >= 4 is 23.4 Å². The summed E-state index contributed by atoms with van der Waals surface area (Å²) in [5.41, 5.74) is -1.23. The van der Waals surface area contributed by atoms with Crippen LogP contribution in [0.1, 0.15) is 20.8 Å². The SMILES string of the molecule is CCOC(=O)C(C)(C)C(=O)COc1cncc(Cl)c1. The molecule has 1 aromatic rings. The predicted octanol–water partition coefficient (Wildman–Crippen LogP) is 2.27. The predicted molar refractivity (Wildman–Crippen MR) is 70.2 cm³/mol. The van der Waals surface area contributed by atoms with Gasteiger partial charge in [0.05, 0.1) is 17.8 Å². The number of aromatic nitrogens is 1. The van der Waals surface area contributed by atoms with E-state index < -0.39 is 11.4 Å². The summed E-state index contributed by atoms with van der Waals surface area (Å²) in [4.78, 5) is 27.4. The maximum absolute atomic E-state index is 12.0. The van der Waals surface area contributed by atoms with Gasteiger partial charge in [-0.25, -0.2) is 0 Å². The van der Waals surface area contributed by atoms with Crippen LogP contribution in [0.25, 0.3) is 0 Å². The van der Waals surface area contributed by atoms with Gasteiger partial charge in [-0.15, -0.1) is 0 Å². The van der Waals surface area contributed by atoms with Gasteiger partial charge >= 0.3 is 5.97 Å². The number of esters is 1. The molecular formula is C13H16ClNO4. The monoisotopic (exact) mass is 285 g/mol. The maximum atomic E-state index is 12.0. The molecule has 19 heavy (non-hydrogen) atoms. The number of halogens is 1. The van der Waals surface area contributed by atoms with Crippen LogP contribution in [0.4, 0.5) is 0 Å². The van der Waals surface area contributed by atoms with Crippen molar-refractivity contribution in [2.75, 3.05) is 13.2 Å². The van der Waals surface area contributed by atoms with Gasteiger partial charge in [0.25, 0.3) is 0 Å². The van der Waals surface area contributed by atoms with Crippen molar-refractivity contribution in [2.45, 2.75) is 20.8 Å². The molecule has 5 nitrogen and oxygen atoms in total. The van der Waals surface area contributed by atoms with E-state index in [1.165, 1.54) is 26.2 Å². The van der Waals surface area contributed by atoms with E-state index >= 15 is 0 Å². The standard InChI is InChI=1S/C13H16ClNO4/c1-4-18-12(17)13(2,3)11(16)8-19-10-5-9(14)6-15-7-10/h5-7H,4,8H2,1-3H3. The van der Waals surface area contributed by atoms with Gasteiger partial charge in [-0.3, -0.25) is 14.6 Å². The molecule has 0 saturated heterocycles. The summed E-state index contributed by atoms with van der Waals surface area (Å²) in [6, 6.07) is 1.54. The average Bonchev–Trinajstić information content (AvgIpc) is 2.36. The molecule has 0 aliphatic carbocycles. The number of ketones is 1. The molecule has 0 atom stereocenters. The molecule has 1 heterocycles. The smallest absolute Gasteiger partial charge is 0.319 e. The molecule has 0 aromatic carbocycles. The van der Waals surface area contributed by atoms with E-state index in [1.54, 1.807) is 13.0 Å². The summed E-state index contributed by atoms with van der Waals surface area (Å²) in [6.45, 7) is 4.69. The van der Waals surface area contributed by atoms with Crippen LogP contribution in [-0.2, 0) is 14.3 Å². The Balaban J connectivity index is 2.62. The highest BCUT2D eigenvalue weighted by Gasteiger charge is 2.37. The minimum Gasteiger partial charge on any atom is -0.484 e. The normalized spacial score (nSPS) is 10.9. The van der Waals surface area contributed by atoms with Gasteiger partial charge in [-0.05, 0) is 20.8 Å².